The number of methoxy groups -OCH3 is 1. The molecule has 6 rings (SSSR count). The summed E-state index contributed by atoms with van der Waals surface area (Å²) in [4.78, 5) is 4.43. The van der Waals surface area contributed by atoms with Crippen LogP contribution in [-0.2, 0) is 17.6 Å². The van der Waals surface area contributed by atoms with Crippen LogP contribution in [0.15, 0.2) is 78.6 Å². The second-order valence-electron chi connectivity index (χ2n) is 10.3. The first-order chi connectivity index (χ1) is 16.8. The van der Waals surface area contributed by atoms with Gasteiger partial charge in [0.2, 0.25) is 8.24 Å². The number of hydrogen-bond donors (Lipinski definition) is 1. The Morgan fingerprint density at radius 1 is 0.765 bits per heavy atom. The van der Waals surface area contributed by atoms with E-state index in [1.54, 1.807) is 5.56 Å². The highest BCUT2D eigenvalue weighted by atomic mass is 28.3. The quantitative estimate of drug-likeness (QED) is 0.487. The molecule has 0 heterocycles. The lowest BCUT2D eigenvalue weighted by Gasteiger charge is -2.43. The Labute approximate surface area is 205 Å². The molecule has 1 N–H and O–H groups in total. The molecule has 3 aromatic rings. The SMILES string of the molecule is COC1=Cc2cc3c(cc2C1[Si](NC1CCCCC1)(c1ccccc1)c1ccccc1)CCC3. The standard InChI is InChI=1S/C31H35NOSi/c1-33-30-22-25-20-23-12-11-13-24(23)21-29(25)31(30)34(27-16-7-3-8-17-27,28-18-9-4-10-19-28)32-26-14-5-2-6-15-26/h3-4,7-10,16-22,26,31-32H,2,5-6,11-15H2,1H3. The topological polar surface area (TPSA) is 21.3 Å². The third kappa shape index (κ3) is 3.66. The number of ether oxygens (including phenoxy) is 1. The van der Waals surface area contributed by atoms with Gasteiger partial charge >= 0.3 is 0 Å². The fourth-order valence-electron chi connectivity index (χ4n) is 6.77. The third-order valence-electron chi connectivity index (χ3n) is 8.35. The molecule has 1 saturated carbocycles. The zero-order valence-electron chi connectivity index (χ0n) is 20.2. The van der Waals surface area contributed by atoms with E-state index in [0.717, 1.165) is 5.76 Å². The molecule has 3 heteroatoms. The van der Waals surface area contributed by atoms with Crippen molar-refractivity contribution in [3.63, 3.8) is 0 Å². The van der Waals surface area contributed by atoms with Crippen LogP contribution in [0.1, 0.15) is 66.3 Å². The fourth-order valence-corrected chi connectivity index (χ4v) is 12.0. The Morgan fingerprint density at radius 3 is 2.00 bits per heavy atom. The molecular weight excluding hydrogens is 430 g/mol. The van der Waals surface area contributed by atoms with E-state index in [4.69, 9.17) is 4.74 Å². The van der Waals surface area contributed by atoms with E-state index in [-0.39, 0.29) is 5.54 Å². The van der Waals surface area contributed by atoms with Gasteiger partial charge in [0.25, 0.3) is 0 Å². The van der Waals surface area contributed by atoms with Crippen molar-refractivity contribution in [2.45, 2.75) is 62.9 Å². The maximum atomic E-state index is 6.23. The van der Waals surface area contributed by atoms with Crippen LogP contribution in [-0.4, -0.2) is 21.4 Å². The van der Waals surface area contributed by atoms with Crippen molar-refractivity contribution in [1.82, 2.24) is 4.98 Å². The van der Waals surface area contributed by atoms with Crippen molar-refractivity contribution < 1.29 is 4.74 Å². The summed E-state index contributed by atoms with van der Waals surface area (Å²) in [5.41, 5.74) is 6.16. The highest BCUT2D eigenvalue weighted by Gasteiger charge is 2.52. The van der Waals surface area contributed by atoms with E-state index in [2.05, 4.69) is 83.9 Å². The fraction of sp³-hybridized carbons (Fsp3) is 0.355. The van der Waals surface area contributed by atoms with E-state index in [1.807, 2.05) is 7.11 Å². The minimum Gasteiger partial charge on any atom is -0.501 e. The van der Waals surface area contributed by atoms with Gasteiger partial charge in [-0.25, -0.2) is 0 Å². The van der Waals surface area contributed by atoms with Crippen LogP contribution in [0.25, 0.3) is 6.08 Å². The van der Waals surface area contributed by atoms with Crippen LogP contribution in [0, 0.1) is 0 Å². The summed E-state index contributed by atoms with van der Waals surface area (Å²) in [6.07, 6.45) is 12.6. The first-order valence-corrected chi connectivity index (χ1v) is 15.2. The van der Waals surface area contributed by atoms with Crippen molar-refractivity contribution in [2.24, 2.45) is 0 Å². The molecule has 3 aromatic carbocycles. The Morgan fingerprint density at radius 2 is 1.38 bits per heavy atom. The van der Waals surface area contributed by atoms with Gasteiger partial charge in [0, 0.05) is 6.04 Å². The first-order valence-electron chi connectivity index (χ1n) is 13.1. The number of rotatable bonds is 6. The van der Waals surface area contributed by atoms with Crippen LogP contribution in [0.4, 0.5) is 0 Å². The van der Waals surface area contributed by atoms with Crippen LogP contribution in [0.5, 0.6) is 0 Å². The molecule has 0 aliphatic heterocycles. The molecule has 3 aliphatic carbocycles. The molecule has 0 bridgehead atoms. The monoisotopic (exact) mass is 465 g/mol. The minimum absolute atomic E-state index is 0.227. The molecular formula is C31H35NOSi. The maximum Gasteiger partial charge on any atom is 0.205 e. The summed E-state index contributed by atoms with van der Waals surface area (Å²) >= 11 is 0. The average molecular weight is 466 g/mol. The number of nitrogens with one attached hydrogen (secondary N) is 1. The van der Waals surface area contributed by atoms with E-state index < -0.39 is 8.24 Å². The van der Waals surface area contributed by atoms with Crippen molar-refractivity contribution in [2.75, 3.05) is 7.11 Å². The molecule has 0 spiro atoms. The molecule has 0 saturated heterocycles. The molecule has 0 amide bonds. The smallest absolute Gasteiger partial charge is 0.205 e. The van der Waals surface area contributed by atoms with Crippen LogP contribution in [0.2, 0.25) is 0 Å². The molecule has 0 aromatic heterocycles. The Bertz CT molecular complexity index is 1140. The van der Waals surface area contributed by atoms with Crippen molar-refractivity contribution in [3.8, 4) is 0 Å². The minimum atomic E-state index is -2.51. The molecule has 1 atom stereocenters. The second-order valence-corrected chi connectivity index (χ2v) is 13.9. The van der Waals surface area contributed by atoms with Gasteiger partial charge in [-0.05, 0) is 70.8 Å². The molecule has 3 aliphatic rings. The highest BCUT2D eigenvalue weighted by Crippen LogP contribution is 2.44. The van der Waals surface area contributed by atoms with E-state index >= 15 is 0 Å². The normalized spacial score (nSPS) is 20.0. The van der Waals surface area contributed by atoms with Crippen LogP contribution in [0.3, 0.4) is 0 Å². The lowest BCUT2D eigenvalue weighted by molar-refractivity contribution is 0.284. The van der Waals surface area contributed by atoms with Crippen LogP contribution < -0.4 is 15.4 Å². The van der Waals surface area contributed by atoms with E-state index in [9.17, 15) is 0 Å². The van der Waals surface area contributed by atoms with Crippen molar-refractivity contribution in [1.29, 1.82) is 0 Å². The van der Waals surface area contributed by atoms with Gasteiger partial charge in [-0.1, -0.05) is 92.1 Å². The maximum absolute atomic E-state index is 6.23. The number of aryl methyl sites for hydroxylation is 2. The first kappa shape index (κ1) is 21.9. The van der Waals surface area contributed by atoms with Gasteiger partial charge in [0.15, 0.2) is 0 Å². The van der Waals surface area contributed by atoms with Gasteiger partial charge < -0.3 is 9.72 Å². The molecule has 1 fully saturated rings. The second kappa shape index (κ2) is 9.20. The molecule has 2 nitrogen and oxygen atoms in total. The Hall–Kier alpha value is -2.62. The molecule has 174 valence electrons. The Kier molecular flexibility index (Phi) is 5.92. The van der Waals surface area contributed by atoms with E-state index in [1.165, 1.54) is 78.4 Å². The third-order valence-corrected chi connectivity index (χ3v) is 13.2. The molecule has 1 unspecified atom stereocenters. The lowest BCUT2D eigenvalue weighted by Crippen LogP contribution is -2.74. The summed E-state index contributed by atoms with van der Waals surface area (Å²) in [7, 11) is -0.644. The van der Waals surface area contributed by atoms with Crippen molar-refractivity contribution in [3.05, 3.63) is 101 Å². The number of hydrogen-bond acceptors (Lipinski definition) is 2. The average Bonchev–Trinajstić information content (AvgIpc) is 3.51. The predicted molar refractivity (Wildman–Crippen MR) is 144 cm³/mol. The number of allylic oxidation sites excluding steroid dienone is 1. The summed E-state index contributed by atoms with van der Waals surface area (Å²) in [5, 5.41) is 2.90. The largest absolute Gasteiger partial charge is 0.501 e. The van der Waals surface area contributed by atoms with Gasteiger partial charge in [0.05, 0.1) is 12.7 Å². The Balaban J connectivity index is 1.60. The summed E-state index contributed by atoms with van der Waals surface area (Å²) in [6.45, 7) is 0. The van der Waals surface area contributed by atoms with Gasteiger partial charge in [-0.15, -0.1) is 0 Å². The summed E-state index contributed by atoms with van der Waals surface area (Å²) < 4.78 is 6.23. The predicted octanol–water partition coefficient (Wildman–Crippen LogP) is 5.48. The highest BCUT2D eigenvalue weighted by molar-refractivity contribution is 7.02. The number of fused-ring (bicyclic) bond motifs is 2. The van der Waals surface area contributed by atoms with Gasteiger partial charge in [-0.3, -0.25) is 0 Å². The zero-order chi connectivity index (χ0) is 23.0. The van der Waals surface area contributed by atoms with Crippen LogP contribution >= 0.6 is 0 Å². The lowest BCUT2D eigenvalue weighted by atomic mass is 9.96. The molecule has 34 heavy (non-hydrogen) atoms. The summed E-state index contributed by atoms with van der Waals surface area (Å²) in [6, 6.07) is 28.2. The summed E-state index contributed by atoms with van der Waals surface area (Å²) in [5.74, 6) is 1.13. The zero-order valence-corrected chi connectivity index (χ0v) is 21.2. The van der Waals surface area contributed by atoms with Gasteiger partial charge in [-0.2, -0.15) is 0 Å². The van der Waals surface area contributed by atoms with Crippen molar-refractivity contribution >= 4 is 24.7 Å². The number of benzene rings is 3. The van der Waals surface area contributed by atoms with Gasteiger partial charge in [0.1, 0.15) is 5.76 Å². The van der Waals surface area contributed by atoms with E-state index in [0.29, 0.717) is 6.04 Å². The molecule has 0 radical (unpaired) electrons.